The molecule has 0 unspecified atom stereocenters. The molecule has 1 heterocycles. The molecule has 106 valence electrons. The zero-order chi connectivity index (χ0) is 14.8. The minimum absolute atomic E-state index is 0.250. The fraction of sp³-hybridized carbons (Fsp3) is 0.455. The number of pyridine rings is 1. The minimum Gasteiger partial charge on any atom is -0.444 e. The van der Waals surface area contributed by atoms with Gasteiger partial charge in [0.2, 0.25) is 0 Å². The summed E-state index contributed by atoms with van der Waals surface area (Å²) in [6.45, 7) is 4.76. The van der Waals surface area contributed by atoms with Gasteiger partial charge in [0, 0.05) is 6.20 Å². The molecule has 4 nitrogen and oxygen atoms in total. The second-order valence-corrected chi connectivity index (χ2v) is 4.68. The molecule has 1 aromatic heterocycles. The van der Waals surface area contributed by atoms with Gasteiger partial charge in [-0.15, -0.1) is 0 Å². The van der Waals surface area contributed by atoms with Crippen LogP contribution in [0.1, 0.15) is 26.3 Å². The van der Waals surface area contributed by atoms with Gasteiger partial charge in [0.05, 0.1) is 5.56 Å². The molecule has 0 saturated heterocycles. The van der Waals surface area contributed by atoms with Crippen LogP contribution in [0.5, 0.6) is 0 Å². The lowest BCUT2D eigenvalue weighted by molar-refractivity contribution is -0.138. The zero-order valence-corrected chi connectivity index (χ0v) is 10.4. The van der Waals surface area contributed by atoms with Crippen LogP contribution in [0.15, 0.2) is 12.3 Å². The van der Waals surface area contributed by atoms with Crippen LogP contribution < -0.4 is 5.32 Å². The van der Waals surface area contributed by atoms with Crippen molar-refractivity contribution >= 4 is 11.9 Å². The van der Waals surface area contributed by atoms with Gasteiger partial charge in [-0.05, 0) is 26.8 Å². The Hall–Kier alpha value is -1.86. The first-order chi connectivity index (χ1) is 8.49. The molecule has 0 aliphatic heterocycles. The number of ether oxygens (including phenoxy) is 1. The number of anilines is 1. The average Bonchev–Trinajstić information content (AvgIpc) is 2.16. The van der Waals surface area contributed by atoms with Crippen molar-refractivity contribution in [2.24, 2.45) is 0 Å². The molecule has 1 aromatic rings. The highest BCUT2D eigenvalue weighted by molar-refractivity contribution is 5.83. The van der Waals surface area contributed by atoms with Gasteiger partial charge in [0.25, 0.3) is 0 Å². The number of alkyl halides is 3. The summed E-state index contributed by atoms with van der Waals surface area (Å²) in [5.74, 6) is -1.91. The summed E-state index contributed by atoms with van der Waals surface area (Å²) in [5.41, 5.74) is -2.05. The van der Waals surface area contributed by atoms with Crippen LogP contribution in [0.4, 0.5) is 28.2 Å². The molecule has 0 bridgehead atoms. The molecule has 1 amide bonds. The first kappa shape index (κ1) is 15.2. The summed E-state index contributed by atoms with van der Waals surface area (Å²) < 4.78 is 55.0. The number of amides is 1. The molecule has 19 heavy (non-hydrogen) atoms. The van der Waals surface area contributed by atoms with Gasteiger partial charge in [0.1, 0.15) is 5.60 Å². The first-order valence-corrected chi connectivity index (χ1v) is 5.22. The molecule has 8 heteroatoms. The van der Waals surface area contributed by atoms with Crippen LogP contribution in [0.2, 0.25) is 0 Å². The number of hydrogen-bond donors (Lipinski definition) is 1. The fourth-order valence-corrected chi connectivity index (χ4v) is 1.09. The van der Waals surface area contributed by atoms with E-state index >= 15 is 0 Å². The summed E-state index contributed by atoms with van der Waals surface area (Å²) in [6.07, 6.45) is -5.27. The quantitative estimate of drug-likeness (QED) is 0.800. The molecule has 1 N–H and O–H groups in total. The maximum absolute atomic E-state index is 13.3. The number of nitrogens with zero attached hydrogens (tertiary/aromatic N) is 1. The molecule has 0 spiro atoms. The highest BCUT2D eigenvalue weighted by atomic mass is 19.4. The van der Waals surface area contributed by atoms with Crippen LogP contribution >= 0.6 is 0 Å². The number of rotatable bonds is 1. The first-order valence-electron chi connectivity index (χ1n) is 5.22. The van der Waals surface area contributed by atoms with Crippen molar-refractivity contribution in [2.45, 2.75) is 32.5 Å². The molecule has 0 aliphatic rings. The Balaban J connectivity index is 2.84. The van der Waals surface area contributed by atoms with E-state index in [-0.39, 0.29) is 6.07 Å². The topological polar surface area (TPSA) is 51.2 Å². The zero-order valence-electron chi connectivity index (χ0n) is 10.4. The van der Waals surface area contributed by atoms with E-state index in [9.17, 15) is 22.4 Å². The SMILES string of the molecule is CC(C)(C)OC(=O)Nc1ncc(C(F)(F)F)cc1F. The molecule has 1 rings (SSSR count). The third-order valence-corrected chi connectivity index (χ3v) is 1.79. The fourth-order valence-electron chi connectivity index (χ4n) is 1.09. The van der Waals surface area contributed by atoms with Crippen LogP contribution in [0.3, 0.4) is 0 Å². The number of hydrogen-bond acceptors (Lipinski definition) is 3. The number of halogens is 4. The number of nitrogens with one attached hydrogen (secondary N) is 1. The number of carbonyl (C=O) groups excluding carboxylic acids is 1. The van der Waals surface area contributed by atoms with Gasteiger partial charge in [-0.25, -0.2) is 14.2 Å². The Morgan fingerprint density at radius 2 is 1.89 bits per heavy atom. The van der Waals surface area contributed by atoms with Crippen molar-refractivity contribution in [3.05, 3.63) is 23.6 Å². The van der Waals surface area contributed by atoms with Crippen molar-refractivity contribution in [3.63, 3.8) is 0 Å². The molecule has 0 aliphatic carbocycles. The molecular formula is C11H12F4N2O2. The van der Waals surface area contributed by atoms with E-state index in [0.717, 1.165) is 0 Å². The molecular weight excluding hydrogens is 268 g/mol. The summed E-state index contributed by atoms with van der Waals surface area (Å²) in [5, 5.41) is 1.93. The van der Waals surface area contributed by atoms with Crippen LogP contribution in [-0.2, 0) is 10.9 Å². The minimum atomic E-state index is -4.70. The summed E-state index contributed by atoms with van der Waals surface area (Å²) in [6, 6.07) is 0.250. The second-order valence-electron chi connectivity index (χ2n) is 4.68. The molecule has 0 radical (unpaired) electrons. The van der Waals surface area contributed by atoms with Crippen molar-refractivity contribution in [1.82, 2.24) is 4.98 Å². The van der Waals surface area contributed by atoms with Crippen LogP contribution in [0, 0.1) is 5.82 Å². The monoisotopic (exact) mass is 280 g/mol. The number of aromatic nitrogens is 1. The molecule has 0 fully saturated rings. The molecule has 0 atom stereocenters. The Morgan fingerprint density at radius 1 is 1.32 bits per heavy atom. The molecule has 0 saturated carbocycles. The van der Waals surface area contributed by atoms with E-state index in [4.69, 9.17) is 4.74 Å². The Labute approximate surface area is 106 Å². The van der Waals surface area contributed by atoms with Gasteiger partial charge < -0.3 is 4.74 Å². The average molecular weight is 280 g/mol. The Kier molecular flexibility index (Phi) is 4.02. The van der Waals surface area contributed by atoms with Crippen molar-refractivity contribution < 1.29 is 27.1 Å². The highest BCUT2D eigenvalue weighted by Gasteiger charge is 2.32. The van der Waals surface area contributed by atoms with E-state index in [0.29, 0.717) is 6.20 Å². The van der Waals surface area contributed by atoms with Gasteiger partial charge in [-0.2, -0.15) is 13.2 Å². The smallest absolute Gasteiger partial charge is 0.417 e. The summed E-state index contributed by atoms with van der Waals surface area (Å²) in [7, 11) is 0. The largest absolute Gasteiger partial charge is 0.444 e. The maximum Gasteiger partial charge on any atom is 0.417 e. The third-order valence-electron chi connectivity index (χ3n) is 1.79. The summed E-state index contributed by atoms with van der Waals surface area (Å²) >= 11 is 0. The van der Waals surface area contributed by atoms with E-state index in [1.54, 1.807) is 20.8 Å². The van der Waals surface area contributed by atoms with Gasteiger partial charge in [-0.1, -0.05) is 0 Å². The second kappa shape index (κ2) is 5.02. The van der Waals surface area contributed by atoms with E-state index in [1.807, 2.05) is 5.32 Å². The van der Waals surface area contributed by atoms with Crippen LogP contribution in [-0.4, -0.2) is 16.7 Å². The van der Waals surface area contributed by atoms with Gasteiger partial charge in [0.15, 0.2) is 11.6 Å². The van der Waals surface area contributed by atoms with Crippen molar-refractivity contribution in [2.75, 3.05) is 5.32 Å². The standard InChI is InChI=1S/C11H12F4N2O2/c1-10(2,3)19-9(18)17-8-7(12)4-6(5-16-8)11(13,14)15/h4-5H,1-3H3,(H,16,17,18). The van der Waals surface area contributed by atoms with Crippen molar-refractivity contribution in [1.29, 1.82) is 0 Å². The van der Waals surface area contributed by atoms with E-state index in [1.165, 1.54) is 0 Å². The highest BCUT2D eigenvalue weighted by Crippen LogP contribution is 2.30. The Morgan fingerprint density at radius 3 is 2.32 bits per heavy atom. The lowest BCUT2D eigenvalue weighted by Gasteiger charge is -2.19. The predicted molar refractivity (Wildman–Crippen MR) is 59.1 cm³/mol. The van der Waals surface area contributed by atoms with Gasteiger partial charge in [-0.3, -0.25) is 5.32 Å². The third kappa shape index (κ3) is 4.72. The number of carbonyl (C=O) groups is 1. The van der Waals surface area contributed by atoms with E-state index in [2.05, 4.69) is 4.98 Å². The maximum atomic E-state index is 13.3. The van der Waals surface area contributed by atoms with Crippen LogP contribution in [0.25, 0.3) is 0 Å². The normalized spacial score (nSPS) is 12.2. The van der Waals surface area contributed by atoms with Crippen molar-refractivity contribution in [3.8, 4) is 0 Å². The predicted octanol–water partition coefficient (Wildman–Crippen LogP) is 3.59. The lowest BCUT2D eigenvalue weighted by Crippen LogP contribution is -2.27. The summed E-state index contributed by atoms with van der Waals surface area (Å²) in [4.78, 5) is 14.5. The van der Waals surface area contributed by atoms with Gasteiger partial charge >= 0.3 is 12.3 Å². The van der Waals surface area contributed by atoms with E-state index < -0.39 is 35.1 Å². The molecule has 0 aromatic carbocycles. The lowest BCUT2D eigenvalue weighted by atomic mass is 10.2. The Bertz CT molecular complexity index is 481.